The van der Waals surface area contributed by atoms with Gasteiger partial charge in [-0.2, -0.15) is 30.7 Å². The SMILES string of the molecule is CCCCC(CC(F)(F)C(F)(F)C(F)(F)F)C1=C(C)C(=O)c2ccccc2C1=O. The van der Waals surface area contributed by atoms with Gasteiger partial charge >= 0.3 is 18.0 Å². The Morgan fingerprint density at radius 2 is 1.41 bits per heavy atom. The average molecular weight is 424 g/mol. The first-order chi connectivity index (χ1) is 13.3. The van der Waals surface area contributed by atoms with Crippen molar-refractivity contribution in [2.75, 3.05) is 0 Å². The zero-order valence-corrected chi connectivity index (χ0v) is 15.7. The van der Waals surface area contributed by atoms with Crippen molar-refractivity contribution in [2.24, 2.45) is 5.92 Å². The highest BCUT2D eigenvalue weighted by atomic mass is 19.4. The molecule has 1 aromatic rings. The highest BCUT2D eigenvalue weighted by molar-refractivity contribution is 6.26. The van der Waals surface area contributed by atoms with Crippen LogP contribution in [0.4, 0.5) is 30.7 Å². The highest BCUT2D eigenvalue weighted by Gasteiger charge is 2.73. The number of allylic oxidation sites excluding steroid dienone is 2. The molecule has 0 aliphatic heterocycles. The third-order valence-electron chi connectivity index (χ3n) is 5.04. The molecule has 1 unspecified atom stereocenters. The second-order valence-electron chi connectivity index (χ2n) is 7.06. The molecular weight excluding hydrogens is 405 g/mol. The van der Waals surface area contributed by atoms with E-state index < -0.39 is 47.5 Å². The lowest BCUT2D eigenvalue weighted by Gasteiger charge is -2.33. The van der Waals surface area contributed by atoms with Crippen LogP contribution in [0.2, 0.25) is 0 Å². The second kappa shape index (κ2) is 7.91. The predicted octanol–water partition coefficient (Wildman–Crippen LogP) is 6.41. The minimum absolute atomic E-state index is 0.0420. The summed E-state index contributed by atoms with van der Waals surface area (Å²) in [7, 11) is 0. The van der Waals surface area contributed by atoms with E-state index in [4.69, 9.17) is 0 Å². The molecule has 0 fully saturated rings. The number of halogens is 7. The van der Waals surface area contributed by atoms with Crippen molar-refractivity contribution in [3.8, 4) is 0 Å². The molecular formula is C20H19F7O2. The van der Waals surface area contributed by atoms with E-state index in [1.165, 1.54) is 31.2 Å². The van der Waals surface area contributed by atoms with Gasteiger partial charge in [-0.1, -0.05) is 44.0 Å². The Labute approximate surface area is 162 Å². The van der Waals surface area contributed by atoms with E-state index in [9.17, 15) is 40.3 Å². The normalized spacial score (nSPS) is 16.9. The largest absolute Gasteiger partial charge is 0.459 e. The van der Waals surface area contributed by atoms with Gasteiger partial charge in [0.1, 0.15) is 0 Å². The third kappa shape index (κ3) is 4.09. The van der Waals surface area contributed by atoms with Crippen LogP contribution in [0.1, 0.15) is 60.2 Å². The molecule has 1 aliphatic carbocycles. The van der Waals surface area contributed by atoms with Crippen molar-refractivity contribution in [1.29, 1.82) is 0 Å². The summed E-state index contributed by atoms with van der Waals surface area (Å²) in [5.41, 5.74) is -0.661. The summed E-state index contributed by atoms with van der Waals surface area (Å²) >= 11 is 0. The lowest BCUT2D eigenvalue weighted by atomic mass is 9.75. The van der Waals surface area contributed by atoms with Crippen LogP contribution in [-0.2, 0) is 0 Å². The predicted molar refractivity (Wildman–Crippen MR) is 91.4 cm³/mol. The average Bonchev–Trinajstić information content (AvgIpc) is 2.63. The third-order valence-corrected chi connectivity index (χ3v) is 5.04. The van der Waals surface area contributed by atoms with Crippen LogP contribution in [0.15, 0.2) is 35.4 Å². The van der Waals surface area contributed by atoms with E-state index in [1.807, 2.05) is 0 Å². The number of benzene rings is 1. The maximum Gasteiger partial charge on any atom is 0.459 e. The van der Waals surface area contributed by atoms with Crippen LogP contribution in [0.25, 0.3) is 0 Å². The fraction of sp³-hybridized carbons (Fsp3) is 0.500. The standard InChI is InChI=1S/C20H19F7O2/c1-3-4-7-12(10-18(21,22)19(23,24)20(25,26)27)15-11(2)16(28)13-8-5-6-9-14(13)17(15)29/h5-6,8-9,12H,3-4,7,10H2,1-2H3. The van der Waals surface area contributed by atoms with Gasteiger partial charge in [-0.15, -0.1) is 0 Å². The van der Waals surface area contributed by atoms with Gasteiger partial charge in [0.25, 0.3) is 0 Å². The number of rotatable bonds is 7. The zero-order valence-electron chi connectivity index (χ0n) is 15.7. The lowest BCUT2D eigenvalue weighted by Crippen LogP contribution is -2.53. The summed E-state index contributed by atoms with van der Waals surface area (Å²) in [6.07, 6.45) is -7.93. The van der Waals surface area contributed by atoms with Crippen molar-refractivity contribution >= 4 is 11.6 Å². The van der Waals surface area contributed by atoms with Gasteiger partial charge in [0.2, 0.25) is 0 Å². The molecule has 160 valence electrons. The number of carbonyl (C=O) groups is 2. The quantitative estimate of drug-likeness (QED) is 0.474. The molecule has 9 heteroatoms. The van der Waals surface area contributed by atoms with E-state index >= 15 is 0 Å². The summed E-state index contributed by atoms with van der Waals surface area (Å²) in [6, 6.07) is 5.59. The fourth-order valence-electron chi connectivity index (χ4n) is 3.45. The van der Waals surface area contributed by atoms with Crippen molar-refractivity contribution in [3.63, 3.8) is 0 Å². The Morgan fingerprint density at radius 3 is 1.90 bits per heavy atom. The number of fused-ring (bicyclic) bond motifs is 1. The molecule has 0 saturated heterocycles. The highest BCUT2D eigenvalue weighted by Crippen LogP contribution is 2.51. The van der Waals surface area contributed by atoms with E-state index in [0.29, 0.717) is 6.42 Å². The molecule has 2 rings (SSSR count). The molecule has 0 aromatic heterocycles. The van der Waals surface area contributed by atoms with Crippen LogP contribution in [0.3, 0.4) is 0 Å². The number of unbranched alkanes of at least 4 members (excludes halogenated alkanes) is 1. The number of ketones is 2. The van der Waals surface area contributed by atoms with Crippen LogP contribution in [0.5, 0.6) is 0 Å². The number of hydrogen-bond donors (Lipinski definition) is 0. The minimum atomic E-state index is -6.45. The molecule has 1 aromatic carbocycles. The van der Waals surface area contributed by atoms with Crippen molar-refractivity contribution in [3.05, 3.63) is 46.5 Å². The lowest BCUT2D eigenvalue weighted by molar-refractivity contribution is -0.357. The number of carbonyl (C=O) groups excluding carboxylic acids is 2. The molecule has 0 radical (unpaired) electrons. The smallest absolute Gasteiger partial charge is 0.289 e. The Balaban J connectivity index is 2.52. The van der Waals surface area contributed by atoms with E-state index in [2.05, 4.69) is 0 Å². The van der Waals surface area contributed by atoms with Gasteiger partial charge < -0.3 is 0 Å². The number of alkyl halides is 7. The molecule has 0 N–H and O–H groups in total. The van der Waals surface area contributed by atoms with Crippen molar-refractivity contribution in [2.45, 2.75) is 57.6 Å². The van der Waals surface area contributed by atoms with Crippen molar-refractivity contribution < 1.29 is 40.3 Å². The van der Waals surface area contributed by atoms with Crippen LogP contribution < -0.4 is 0 Å². The molecule has 2 nitrogen and oxygen atoms in total. The van der Waals surface area contributed by atoms with Gasteiger partial charge in [-0.25, -0.2) is 0 Å². The van der Waals surface area contributed by atoms with E-state index in [1.54, 1.807) is 6.92 Å². The van der Waals surface area contributed by atoms with Gasteiger partial charge in [-0.05, 0) is 19.3 Å². The molecule has 1 aliphatic rings. The molecule has 0 spiro atoms. The Hall–Kier alpha value is -2.19. The van der Waals surface area contributed by atoms with Crippen LogP contribution in [-0.4, -0.2) is 29.6 Å². The van der Waals surface area contributed by atoms with Crippen LogP contribution >= 0.6 is 0 Å². The molecule has 1 atom stereocenters. The molecule has 0 amide bonds. The summed E-state index contributed by atoms with van der Waals surface area (Å²) in [6.45, 7) is 2.87. The molecule has 0 heterocycles. The topological polar surface area (TPSA) is 34.1 Å². The van der Waals surface area contributed by atoms with Gasteiger partial charge in [0.05, 0.1) is 0 Å². The molecule has 29 heavy (non-hydrogen) atoms. The maximum absolute atomic E-state index is 14.1. The minimum Gasteiger partial charge on any atom is -0.289 e. The van der Waals surface area contributed by atoms with Crippen molar-refractivity contribution in [1.82, 2.24) is 0 Å². The zero-order chi connectivity index (χ0) is 22.2. The fourth-order valence-corrected chi connectivity index (χ4v) is 3.45. The first kappa shape index (κ1) is 23.1. The summed E-state index contributed by atoms with van der Waals surface area (Å²) in [5.74, 6) is -14.8. The van der Waals surface area contributed by atoms with Crippen LogP contribution in [0, 0.1) is 5.92 Å². The van der Waals surface area contributed by atoms with Gasteiger partial charge in [0, 0.05) is 28.7 Å². The first-order valence-corrected chi connectivity index (χ1v) is 8.97. The second-order valence-corrected chi connectivity index (χ2v) is 7.06. The number of Topliss-reactive ketones (excluding diaryl/α,β-unsaturated/α-hetero) is 2. The summed E-state index contributed by atoms with van der Waals surface area (Å²) < 4.78 is 92.6. The Morgan fingerprint density at radius 1 is 0.897 bits per heavy atom. The van der Waals surface area contributed by atoms with Gasteiger partial charge in [0.15, 0.2) is 11.6 Å². The van der Waals surface area contributed by atoms with E-state index in [-0.39, 0.29) is 29.5 Å². The number of hydrogen-bond acceptors (Lipinski definition) is 2. The summed E-state index contributed by atoms with van der Waals surface area (Å²) in [5, 5.41) is 0. The molecule has 0 saturated carbocycles. The monoisotopic (exact) mass is 424 g/mol. The molecule has 0 bridgehead atoms. The maximum atomic E-state index is 14.1. The van der Waals surface area contributed by atoms with Gasteiger partial charge in [-0.3, -0.25) is 9.59 Å². The first-order valence-electron chi connectivity index (χ1n) is 8.97. The van der Waals surface area contributed by atoms with E-state index in [0.717, 1.165) is 0 Å². The Bertz CT molecular complexity index is 837. The Kier molecular flexibility index (Phi) is 6.30. The summed E-state index contributed by atoms with van der Waals surface area (Å²) in [4.78, 5) is 25.4.